The van der Waals surface area contributed by atoms with Crippen molar-refractivity contribution >= 4 is 27.7 Å². The van der Waals surface area contributed by atoms with Crippen molar-refractivity contribution in [3.05, 3.63) is 29.8 Å². The van der Waals surface area contributed by atoms with Crippen molar-refractivity contribution in [2.24, 2.45) is 10.3 Å². The van der Waals surface area contributed by atoms with Gasteiger partial charge in [-0.15, -0.1) is 4.40 Å². The maximum atomic E-state index is 12.7. The van der Waals surface area contributed by atoms with Gasteiger partial charge in [-0.25, -0.2) is 0 Å². The van der Waals surface area contributed by atoms with Crippen molar-refractivity contribution < 1.29 is 18.0 Å². The van der Waals surface area contributed by atoms with Gasteiger partial charge in [-0.3, -0.25) is 9.59 Å². The molecule has 0 aliphatic carbocycles. The second kappa shape index (κ2) is 9.38. The van der Waals surface area contributed by atoms with Crippen LogP contribution < -0.4 is 5.32 Å². The van der Waals surface area contributed by atoms with Crippen LogP contribution in [0.1, 0.15) is 50.5 Å². The zero-order valence-electron chi connectivity index (χ0n) is 17.8. The fourth-order valence-corrected chi connectivity index (χ4v) is 5.83. The van der Waals surface area contributed by atoms with Crippen molar-refractivity contribution in [1.29, 1.82) is 0 Å². The third-order valence-electron chi connectivity index (χ3n) is 6.28. The van der Waals surface area contributed by atoms with Gasteiger partial charge in [0.2, 0.25) is 11.8 Å². The fourth-order valence-electron chi connectivity index (χ4n) is 4.60. The van der Waals surface area contributed by atoms with Gasteiger partial charge >= 0.3 is 0 Å². The van der Waals surface area contributed by atoms with Crippen LogP contribution in [-0.4, -0.2) is 68.6 Å². The molecule has 3 heterocycles. The normalized spacial score (nSPS) is 23.2. The van der Waals surface area contributed by atoms with Crippen LogP contribution in [0.25, 0.3) is 0 Å². The van der Waals surface area contributed by atoms with Gasteiger partial charge < -0.3 is 15.1 Å². The summed E-state index contributed by atoms with van der Waals surface area (Å²) < 4.78 is 28.7. The minimum atomic E-state index is -3.66. The number of nitrogens with one attached hydrogen (secondary N) is 1. The Hall–Kier alpha value is -2.42. The highest BCUT2D eigenvalue weighted by atomic mass is 32.2. The molecule has 168 valence electrons. The molecular formula is C22H30N4O4S. The lowest BCUT2D eigenvalue weighted by Gasteiger charge is -2.33. The van der Waals surface area contributed by atoms with Crippen molar-refractivity contribution in [2.75, 3.05) is 32.7 Å². The number of fused-ring (bicyclic) bond motifs is 1. The molecule has 9 heteroatoms. The summed E-state index contributed by atoms with van der Waals surface area (Å²) in [6.07, 6.45) is 6.09. The number of nitrogens with zero attached hydrogens (tertiary/aromatic N) is 3. The highest BCUT2D eigenvalue weighted by Gasteiger charge is 2.35. The van der Waals surface area contributed by atoms with Crippen molar-refractivity contribution in [3.8, 4) is 0 Å². The Morgan fingerprint density at radius 1 is 1.13 bits per heavy atom. The average Bonchev–Trinajstić information content (AvgIpc) is 2.90. The van der Waals surface area contributed by atoms with Gasteiger partial charge in [-0.05, 0) is 44.2 Å². The maximum Gasteiger partial charge on any atom is 0.285 e. The molecule has 0 saturated carbocycles. The summed E-state index contributed by atoms with van der Waals surface area (Å²) in [7, 11) is -3.66. The molecule has 0 bridgehead atoms. The lowest BCUT2D eigenvalue weighted by atomic mass is 9.96. The Bertz CT molecular complexity index is 975. The summed E-state index contributed by atoms with van der Waals surface area (Å²) >= 11 is 0. The third kappa shape index (κ3) is 4.92. The summed E-state index contributed by atoms with van der Waals surface area (Å²) in [5, 5.41) is 3.01. The van der Waals surface area contributed by atoms with Gasteiger partial charge in [0.05, 0.1) is 5.92 Å². The van der Waals surface area contributed by atoms with Crippen LogP contribution in [0, 0.1) is 5.92 Å². The van der Waals surface area contributed by atoms with E-state index in [4.69, 9.17) is 0 Å². The number of carbonyl (C=O) groups excluding carboxylic acids is 2. The van der Waals surface area contributed by atoms with E-state index in [9.17, 15) is 18.0 Å². The van der Waals surface area contributed by atoms with Crippen molar-refractivity contribution in [2.45, 2.75) is 49.8 Å². The Labute approximate surface area is 183 Å². The average molecular weight is 447 g/mol. The Balaban J connectivity index is 1.30. The predicted octanol–water partition coefficient (Wildman–Crippen LogP) is 1.76. The monoisotopic (exact) mass is 446 g/mol. The van der Waals surface area contributed by atoms with E-state index in [1.165, 1.54) is 0 Å². The van der Waals surface area contributed by atoms with Gasteiger partial charge in [-0.2, -0.15) is 8.42 Å². The lowest BCUT2D eigenvalue weighted by molar-refractivity contribution is -0.130. The number of rotatable bonds is 5. The number of amides is 2. The molecule has 1 atom stereocenters. The molecule has 8 nitrogen and oxygen atoms in total. The van der Waals surface area contributed by atoms with E-state index >= 15 is 0 Å². The smallest absolute Gasteiger partial charge is 0.285 e. The standard InChI is InChI=1S/C22H30N4O4S/c27-20-11-2-1-5-13-25(20)15-7-12-23-22(28)17-8-6-14-26(16-17)21-18-9-3-4-10-19(18)31(29,30)24-21/h3-4,9-10,17H,1-2,5-8,11-16H2,(H,23,28)/t17-/m0/s1. The van der Waals surface area contributed by atoms with E-state index < -0.39 is 10.0 Å². The number of hydrogen-bond donors (Lipinski definition) is 1. The number of likely N-dealkylation sites (tertiary alicyclic amines) is 2. The zero-order chi connectivity index (χ0) is 21.8. The number of sulfonamides is 1. The molecular weight excluding hydrogens is 416 g/mol. The van der Waals surface area contributed by atoms with Crippen LogP contribution in [-0.2, 0) is 19.6 Å². The highest BCUT2D eigenvalue weighted by Crippen LogP contribution is 2.29. The van der Waals surface area contributed by atoms with Crippen LogP contribution in [0.4, 0.5) is 0 Å². The molecule has 1 aromatic carbocycles. The summed E-state index contributed by atoms with van der Waals surface area (Å²) in [6, 6.07) is 6.84. The van der Waals surface area contributed by atoms with E-state index in [1.807, 2.05) is 9.80 Å². The van der Waals surface area contributed by atoms with E-state index in [0.717, 1.165) is 45.1 Å². The molecule has 4 rings (SSSR count). The quantitative estimate of drug-likeness (QED) is 0.695. The first-order chi connectivity index (χ1) is 15.0. The molecule has 3 aliphatic rings. The van der Waals surface area contributed by atoms with Gasteiger partial charge in [0.15, 0.2) is 5.84 Å². The fraction of sp³-hybridized carbons (Fsp3) is 0.591. The SMILES string of the molecule is O=C(NCCCN1CCCCCC1=O)[C@H]1CCCN(C2=NS(=O)(=O)c3ccccc32)C1. The van der Waals surface area contributed by atoms with E-state index in [1.54, 1.807) is 24.3 Å². The lowest BCUT2D eigenvalue weighted by Crippen LogP contribution is -2.45. The summed E-state index contributed by atoms with van der Waals surface area (Å²) in [5.74, 6) is 0.459. The van der Waals surface area contributed by atoms with E-state index in [0.29, 0.717) is 44.0 Å². The minimum absolute atomic E-state index is 0.0124. The molecule has 2 fully saturated rings. The zero-order valence-corrected chi connectivity index (χ0v) is 18.6. The molecule has 1 aromatic rings. The number of amidine groups is 1. The number of carbonyl (C=O) groups is 2. The molecule has 1 N–H and O–H groups in total. The summed E-state index contributed by atoms with van der Waals surface area (Å²) in [6.45, 7) is 3.18. The van der Waals surface area contributed by atoms with Gasteiger partial charge in [0, 0.05) is 44.7 Å². The van der Waals surface area contributed by atoms with E-state index in [-0.39, 0.29) is 22.6 Å². The largest absolute Gasteiger partial charge is 0.356 e. The molecule has 0 aromatic heterocycles. The first kappa shape index (κ1) is 21.8. The summed E-state index contributed by atoms with van der Waals surface area (Å²) in [5.41, 5.74) is 0.616. The Morgan fingerprint density at radius 3 is 2.84 bits per heavy atom. The first-order valence-electron chi connectivity index (χ1n) is 11.2. The second-order valence-electron chi connectivity index (χ2n) is 8.51. The molecule has 2 saturated heterocycles. The molecule has 2 amide bonds. The number of hydrogen-bond acceptors (Lipinski definition) is 5. The molecule has 31 heavy (non-hydrogen) atoms. The second-order valence-corrected chi connectivity index (χ2v) is 10.1. The van der Waals surface area contributed by atoms with Gasteiger partial charge in [-0.1, -0.05) is 18.6 Å². The number of benzene rings is 1. The topological polar surface area (TPSA) is 99.2 Å². The third-order valence-corrected chi connectivity index (χ3v) is 7.60. The van der Waals surface area contributed by atoms with Crippen LogP contribution in [0.3, 0.4) is 0 Å². The number of piperidine rings is 1. The minimum Gasteiger partial charge on any atom is -0.356 e. The van der Waals surface area contributed by atoms with Crippen LogP contribution in [0.15, 0.2) is 33.6 Å². The molecule has 0 spiro atoms. The Kier molecular flexibility index (Phi) is 6.60. The van der Waals surface area contributed by atoms with Crippen LogP contribution in [0.5, 0.6) is 0 Å². The van der Waals surface area contributed by atoms with Crippen molar-refractivity contribution in [3.63, 3.8) is 0 Å². The van der Waals surface area contributed by atoms with Crippen molar-refractivity contribution in [1.82, 2.24) is 15.1 Å². The first-order valence-corrected chi connectivity index (χ1v) is 12.6. The molecule has 0 radical (unpaired) electrons. The molecule has 0 unspecified atom stereocenters. The van der Waals surface area contributed by atoms with Crippen LogP contribution >= 0.6 is 0 Å². The molecule has 3 aliphatic heterocycles. The van der Waals surface area contributed by atoms with E-state index in [2.05, 4.69) is 9.71 Å². The van der Waals surface area contributed by atoms with Crippen LogP contribution in [0.2, 0.25) is 0 Å². The maximum absolute atomic E-state index is 12.7. The van der Waals surface area contributed by atoms with Gasteiger partial charge in [0.25, 0.3) is 10.0 Å². The predicted molar refractivity (Wildman–Crippen MR) is 117 cm³/mol. The Morgan fingerprint density at radius 2 is 1.97 bits per heavy atom. The van der Waals surface area contributed by atoms with Gasteiger partial charge in [0.1, 0.15) is 4.90 Å². The highest BCUT2D eigenvalue weighted by molar-refractivity contribution is 7.90. The summed E-state index contributed by atoms with van der Waals surface area (Å²) in [4.78, 5) is 28.9.